The van der Waals surface area contributed by atoms with Gasteiger partial charge in [0.25, 0.3) is 0 Å². The second-order valence-electron chi connectivity index (χ2n) is 7.42. The summed E-state index contributed by atoms with van der Waals surface area (Å²) in [5, 5.41) is 6.38. The maximum atomic E-state index is 12.7. The van der Waals surface area contributed by atoms with Crippen LogP contribution in [0.3, 0.4) is 0 Å². The van der Waals surface area contributed by atoms with Gasteiger partial charge in [-0.25, -0.2) is 4.98 Å². The number of benzene rings is 1. The minimum Gasteiger partial charge on any atom is -0.454 e. The summed E-state index contributed by atoms with van der Waals surface area (Å²) in [4.78, 5) is 29.6. The standard InChI is InChI=1S/C21H27N7O3/c1-22-13-27(2)21-24-6-5-19(26-21)28-8-7-23-12-16(28)10-20(29)25-11-15-3-4-17-18(9-15)31-14-30-17/h3-6,9,13,16,23H,7-8,10-12,14H2,1-2H3,(H,25,29). The van der Waals surface area contributed by atoms with E-state index in [-0.39, 0.29) is 18.7 Å². The first kappa shape index (κ1) is 20.9. The van der Waals surface area contributed by atoms with Crippen LogP contribution in [-0.2, 0) is 11.3 Å². The molecule has 1 saturated heterocycles. The number of carbonyl (C=O) groups is 1. The Hall–Kier alpha value is -3.40. The molecule has 0 spiro atoms. The van der Waals surface area contributed by atoms with Crippen LogP contribution in [0.15, 0.2) is 35.5 Å². The molecular formula is C21H27N7O3. The Labute approximate surface area is 181 Å². The fourth-order valence-corrected chi connectivity index (χ4v) is 3.68. The van der Waals surface area contributed by atoms with Crippen molar-refractivity contribution < 1.29 is 14.3 Å². The lowest BCUT2D eigenvalue weighted by Crippen LogP contribution is -2.53. The number of fused-ring (bicyclic) bond motifs is 1. The van der Waals surface area contributed by atoms with Crippen LogP contribution in [0.1, 0.15) is 12.0 Å². The molecule has 1 aromatic carbocycles. The molecule has 10 nitrogen and oxygen atoms in total. The number of nitrogens with one attached hydrogen (secondary N) is 2. The van der Waals surface area contributed by atoms with E-state index in [0.29, 0.717) is 31.2 Å². The summed E-state index contributed by atoms with van der Waals surface area (Å²) >= 11 is 0. The molecule has 0 radical (unpaired) electrons. The molecule has 31 heavy (non-hydrogen) atoms. The van der Waals surface area contributed by atoms with E-state index in [0.717, 1.165) is 30.2 Å². The van der Waals surface area contributed by atoms with Gasteiger partial charge in [-0.05, 0) is 23.8 Å². The second-order valence-corrected chi connectivity index (χ2v) is 7.42. The molecule has 164 valence electrons. The first-order chi connectivity index (χ1) is 15.1. The average Bonchev–Trinajstić information content (AvgIpc) is 3.26. The summed E-state index contributed by atoms with van der Waals surface area (Å²) in [6.45, 7) is 2.99. The normalized spacial score (nSPS) is 17.7. The molecule has 0 saturated carbocycles. The van der Waals surface area contributed by atoms with E-state index < -0.39 is 0 Å². The highest BCUT2D eigenvalue weighted by Crippen LogP contribution is 2.32. The first-order valence-electron chi connectivity index (χ1n) is 10.2. The summed E-state index contributed by atoms with van der Waals surface area (Å²) in [5.74, 6) is 2.80. The third-order valence-corrected chi connectivity index (χ3v) is 5.22. The number of carbonyl (C=O) groups excluding carboxylic acids is 1. The molecule has 1 fully saturated rings. The van der Waals surface area contributed by atoms with Gasteiger partial charge in [-0.1, -0.05) is 6.07 Å². The number of rotatable bonds is 7. The van der Waals surface area contributed by atoms with Crippen molar-refractivity contribution in [3.63, 3.8) is 0 Å². The third kappa shape index (κ3) is 5.02. The van der Waals surface area contributed by atoms with Gasteiger partial charge in [0.1, 0.15) is 5.82 Å². The van der Waals surface area contributed by atoms with Gasteiger partial charge in [0.15, 0.2) is 11.5 Å². The third-order valence-electron chi connectivity index (χ3n) is 5.22. The Morgan fingerprint density at radius 2 is 2.26 bits per heavy atom. The van der Waals surface area contributed by atoms with E-state index in [1.165, 1.54) is 0 Å². The van der Waals surface area contributed by atoms with Crippen molar-refractivity contribution in [3.8, 4) is 11.5 Å². The molecule has 10 heteroatoms. The van der Waals surface area contributed by atoms with E-state index in [1.54, 1.807) is 24.5 Å². The molecule has 1 aromatic heterocycles. The number of anilines is 2. The predicted molar refractivity (Wildman–Crippen MR) is 118 cm³/mol. The van der Waals surface area contributed by atoms with Crippen molar-refractivity contribution in [2.75, 3.05) is 50.3 Å². The van der Waals surface area contributed by atoms with Gasteiger partial charge in [-0.15, -0.1) is 0 Å². The lowest BCUT2D eigenvalue weighted by molar-refractivity contribution is -0.121. The second kappa shape index (κ2) is 9.61. The van der Waals surface area contributed by atoms with Crippen molar-refractivity contribution in [3.05, 3.63) is 36.0 Å². The van der Waals surface area contributed by atoms with Gasteiger partial charge in [0, 0.05) is 52.9 Å². The van der Waals surface area contributed by atoms with Crippen molar-refractivity contribution in [1.29, 1.82) is 0 Å². The Morgan fingerprint density at radius 1 is 1.39 bits per heavy atom. The SMILES string of the molecule is CN=CN(C)c1nccc(N2CCNCC2CC(=O)NCc2ccc3c(c2)OCO3)n1. The van der Waals surface area contributed by atoms with E-state index in [9.17, 15) is 4.79 Å². The van der Waals surface area contributed by atoms with Crippen molar-refractivity contribution in [1.82, 2.24) is 20.6 Å². The van der Waals surface area contributed by atoms with Gasteiger partial charge in [-0.2, -0.15) is 4.98 Å². The average molecular weight is 425 g/mol. The minimum atomic E-state index is -0.0131. The fraction of sp³-hybridized carbons (Fsp3) is 0.429. The first-order valence-corrected chi connectivity index (χ1v) is 10.2. The molecule has 2 N–H and O–H groups in total. The van der Waals surface area contributed by atoms with Crippen LogP contribution in [0, 0.1) is 0 Å². The Balaban J connectivity index is 1.38. The van der Waals surface area contributed by atoms with Crippen LogP contribution in [-0.4, -0.2) is 68.8 Å². The highest BCUT2D eigenvalue weighted by molar-refractivity contribution is 5.77. The van der Waals surface area contributed by atoms with Crippen molar-refractivity contribution >= 4 is 24.0 Å². The number of amides is 1. The summed E-state index contributed by atoms with van der Waals surface area (Å²) < 4.78 is 10.7. The highest BCUT2D eigenvalue weighted by Gasteiger charge is 2.26. The molecule has 2 aromatic rings. The highest BCUT2D eigenvalue weighted by atomic mass is 16.7. The smallest absolute Gasteiger partial charge is 0.232 e. The van der Waals surface area contributed by atoms with E-state index in [1.807, 2.05) is 31.3 Å². The number of piperazine rings is 1. The molecule has 2 aliphatic rings. The molecule has 1 amide bonds. The quantitative estimate of drug-likeness (QED) is 0.496. The zero-order valence-corrected chi connectivity index (χ0v) is 17.7. The number of ether oxygens (including phenoxy) is 2. The monoisotopic (exact) mass is 425 g/mol. The fourth-order valence-electron chi connectivity index (χ4n) is 3.68. The van der Waals surface area contributed by atoms with Crippen LogP contribution in [0.2, 0.25) is 0 Å². The van der Waals surface area contributed by atoms with E-state index in [4.69, 9.17) is 9.47 Å². The van der Waals surface area contributed by atoms with Crippen LogP contribution in [0.25, 0.3) is 0 Å². The van der Waals surface area contributed by atoms with Crippen LogP contribution in [0.4, 0.5) is 11.8 Å². The van der Waals surface area contributed by atoms with E-state index >= 15 is 0 Å². The molecule has 3 heterocycles. The van der Waals surface area contributed by atoms with Crippen LogP contribution >= 0.6 is 0 Å². The Bertz CT molecular complexity index is 952. The molecule has 2 aliphatic heterocycles. The van der Waals surface area contributed by atoms with Gasteiger partial charge >= 0.3 is 0 Å². The lowest BCUT2D eigenvalue weighted by atomic mass is 10.1. The summed E-state index contributed by atoms with van der Waals surface area (Å²) in [6.07, 6.45) is 3.76. The zero-order chi connectivity index (χ0) is 21.6. The summed E-state index contributed by atoms with van der Waals surface area (Å²) in [5.41, 5.74) is 0.970. The molecule has 1 unspecified atom stereocenters. The molecule has 0 aliphatic carbocycles. The van der Waals surface area contributed by atoms with Gasteiger partial charge in [-0.3, -0.25) is 9.79 Å². The molecule has 0 bridgehead atoms. The number of hydrogen-bond donors (Lipinski definition) is 2. The lowest BCUT2D eigenvalue weighted by Gasteiger charge is -2.37. The van der Waals surface area contributed by atoms with Crippen molar-refractivity contribution in [2.24, 2.45) is 4.99 Å². The van der Waals surface area contributed by atoms with Crippen LogP contribution < -0.4 is 29.9 Å². The molecule has 1 atom stereocenters. The number of aliphatic imine (C=N–C) groups is 1. The minimum absolute atomic E-state index is 0.00148. The van der Waals surface area contributed by atoms with Gasteiger partial charge in [0.2, 0.25) is 18.6 Å². The van der Waals surface area contributed by atoms with Gasteiger partial charge in [0.05, 0.1) is 12.4 Å². The van der Waals surface area contributed by atoms with Crippen LogP contribution in [0.5, 0.6) is 11.5 Å². The topological polar surface area (TPSA) is 104 Å². The van der Waals surface area contributed by atoms with E-state index in [2.05, 4.69) is 30.5 Å². The Kier molecular flexibility index (Phi) is 6.46. The zero-order valence-electron chi connectivity index (χ0n) is 17.7. The molecular weight excluding hydrogens is 398 g/mol. The predicted octanol–water partition coefficient (Wildman–Crippen LogP) is 0.784. The van der Waals surface area contributed by atoms with Gasteiger partial charge < -0.3 is 29.9 Å². The summed E-state index contributed by atoms with van der Waals surface area (Å²) in [6, 6.07) is 7.57. The molecule has 4 rings (SSSR count). The van der Waals surface area contributed by atoms with Crippen molar-refractivity contribution in [2.45, 2.75) is 19.0 Å². The number of nitrogens with zero attached hydrogens (tertiary/aromatic N) is 5. The number of aromatic nitrogens is 2. The maximum Gasteiger partial charge on any atom is 0.232 e. The largest absolute Gasteiger partial charge is 0.454 e. The number of hydrogen-bond acceptors (Lipinski definition) is 8. The maximum absolute atomic E-state index is 12.7. The Morgan fingerprint density at radius 3 is 3.13 bits per heavy atom. The summed E-state index contributed by atoms with van der Waals surface area (Å²) in [7, 11) is 3.56.